The maximum absolute atomic E-state index is 11.9. The second-order valence-electron chi connectivity index (χ2n) is 5.03. The third-order valence-electron chi connectivity index (χ3n) is 3.58. The molecule has 0 bridgehead atoms. The molecule has 23 heavy (non-hydrogen) atoms. The van der Waals surface area contributed by atoms with Crippen molar-refractivity contribution in [3.05, 3.63) is 33.1 Å². The van der Waals surface area contributed by atoms with Crippen LogP contribution in [0.3, 0.4) is 0 Å². The molecule has 0 aliphatic carbocycles. The molecule has 0 radical (unpaired) electrons. The van der Waals surface area contributed by atoms with Gasteiger partial charge in [0.2, 0.25) is 17.5 Å². The minimum Gasteiger partial charge on any atom is -0.502 e. The zero-order chi connectivity index (χ0) is 16.7. The highest BCUT2D eigenvalue weighted by molar-refractivity contribution is 9.10. The predicted molar refractivity (Wildman–Crippen MR) is 80.2 cm³/mol. The molecule has 1 aromatic heterocycles. The first-order valence-electron chi connectivity index (χ1n) is 6.66. The zero-order valence-electron chi connectivity index (χ0n) is 11.5. The Hall–Kier alpha value is -1.65. The molecule has 1 saturated heterocycles. The number of aliphatic hydroxyl groups excluding tert-OH is 3. The number of fused-ring (bicyclic) bond motifs is 1. The van der Waals surface area contributed by atoms with Crippen LogP contribution in [0.4, 0.5) is 0 Å². The van der Waals surface area contributed by atoms with Crippen molar-refractivity contribution >= 4 is 26.9 Å². The monoisotopic (exact) mass is 388 g/mol. The number of phenols is 1. The zero-order valence-corrected chi connectivity index (χ0v) is 13.1. The van der Waals surface area contributed by atoms with E-state index in [4.69, 9.17) is 19.0 Å². The van der Waals surface area contributed by atoms with Crippen molar-refractivity contribution in [2.24, 2.45) is 0 Å². The van der Waals surface area contributed by atoms with Gasteiger partial charge in [-0.15, -0.1) is 0 Å². The van der Waals surface area contributed by atoms with Crippen LogP contribution in [0.15, 0.2) is 32.1 Å². The fourth-order valence-electron chi connectivity index (χ4n) is 2.33. The topological polar surface area (TPSA) is 130 Å². The molecular formula is C14H13BrO8. The Morgan fingerprint density at radius 3 is 2.65 bits per heavy atom. The van der Waals surface area contributed by atoms with Crippen molar-refractivity contribution in [3.63, 3.8) is 0 Å². The molecule has 9 heteroatoms. The Morgan fingerprint density at radius 1 is 1.26 bits per heavy atom. The van der Waals surface area contributed by atoms with Crippen LogP contribution in [0.2, 0.25) is 0 Å². The maximum atomic E-state index is 11.9. The number of halogens is 1. The molecular weight excluding hydrogens is 376 g/mol. The van der Waals surface area contributed by atoms with Crippen LogP contribution in [-0.2, 0) is 4.74 Å². The molecule has 8 nitrogen and oxygen atoms in total. The number of rotatable bonds is 3. The third kappa shape index (κ3) is 2.70. The second kappa shape index (κ2) is 6.10. The van der Waals surface area contributed by atoms with Crippen LogP contribution in [0, 0.1) is 0 Å². The molecule has 4 N–H and O–H groups in total. The van der Waals surface area contributed by atoms with E-state index in [9.17, 15) is 20.1 Å². The van der Waals surface area contributed by atoms with E-state index in [0.29, 0.717) is 0 Å². The molecule has 124 valence electrons. The highest BCUT2D eigenvalue weighted by Crippen LogP contribution is 2.36. The van der Waals surface area contributed by atoms with E-state index in [2.05, 4.69) is 15.9 Å². The number of aliphatic hydroxyl groups is 3. The molecule has 0 spiro atoms. The van der Waals surface area contributed by atoms with Gasteiger partial charge in [0.15, 0.2) is 11.3 Å². The van der Waals surface area contributed by atoms with Gasteiger partial charge in [0.25, 0.3) is 0 Å². The Morgan fingerprint density at radius 2 is 2.00 bits per heavy atom. The van der Waals surface area contributed by atoms with Crippen LogP contribution in [0.5, 0.6) is 11.5 Å². The van der Waals surface area contributed by atoms with Gasteiger partial charge >= 0.3 is 0 Å². The normalized spacial score (nSPS) is 27.5. The van der Waals surface area contributed by atoms with E-state index in [1.54, 1.807) is 0 Å². The quantitative estimate of drug-likeness (QED) is 0.581. The molecule has 0 unspecified atom stereocenters. The van der Waals surface area contributed by atoms with Gasteiger partial charge in [-0.05, 0) is 28.1 Å². The molecule has 0 amide bonds. The van der Waals surface area contributed by atoms with Crippen LogP contribution in [0.25, 0.3) is 11.0 Å². The fourth-order valence-corrected chi connectivity index (χ4v) is 2.63. The molecule has 0 saturated carbocycles. The Kier molecular flexibility index (Phi) is 4.30. The highest BCUT2D eigenvalue weighted by atomic mass is 79.9. The van der Waals surface area contributed by atoms with Gasteiger partial charge in [-0.25, -0.2) is 0 Å². The summed E-state index contributed by atoms with van der Waals surface area (Å²) >= 11 is 3.04. The van der Waals surface area contributed by atoms with Gasteiger partial charge < -0.3 is 34.3 Å². The van der Waals surface area contributed by atoms with Gasteiger partial charge in [-0.2, -0.15) is 0 Å². The summed E-state index contributed by atoms with van der Waals surface area (Å²) in [7, 11) is 0. The lowest BCUT2D eigenvalue weighted by Crippen LogP contribution is -2.35. The number of hydrogen-bond acceptors (Lipinski definition) is 8. The predicted octanol–water partition coefficient (Wildman–Crippen LogP) is 0.0789. The molecule has 2 aromatic rings. The van der Waals surface area contributed by atoms with Gasteiger partial charge in [0, 0.05) is 0 Å². The molecule has 1 fully saturated rings. The van der Waals surface area contributed by atoms with E-state index in [1.165, 1.54) is 12.1 Å². The van der Waals surface area contributed by atoms with Crippen molar-refractivity contribution in [3.8, 4) is 11.5 Å². The van der Waals surface area contributed by atoms with Gasteiger partial charge in [-0.1, -0.05) is 0 Å². The summed E-state index contributed by atoms with van der Waals surface area (Å²) in [5.41, 5.74) is -0.441. The molecule has 4 atom stereocenters. The summed E-state index contributed by atoms with van der Waals surface area (Å²) in [6.45, 7) is -0.495. The smallest absolute Gasteiger partial charge is 0.229 e. The lowest BCUT2D eigenvalue weighted by Gasteiger charge is -2.17. The minimum atomic E-state index is -1.40. The summed E-state index contributed by atoms with van der Waals surface area (Å²) in [5, 5.41) is 38.9. The Balaban J connectivity index is 1.94. The first-order valence-corrected chi connectivity index (χ1v) is 7.45. The van der Waals surface area contributed by atoms with E-state index in [0.717, 1.165) is 6.26 Å². The summed E-state index contributed by atoms with van der Waals surface area (Å²) in [6, 6.07) is 2.71. The van der Waals surface area contributed by atoms with Gasteiger partial charge in [0.05, 0.1) is 12.0 Å². The van der Waals surface area contributed by atoms with E-state index >= 15 is 0 Å². The number of phenolic OH excluding ortho intramolecular Hbond substituents is 1. The van der Waals surface area contributed by atoms with E-state index in [1.807, 2.05) is 0 Å². The largest absolute Gasteiger partial charge is 0.502 e. The van der Waals surface area contributed by atoms with Crippen LogP contribution in [0.1, 0.15) is 0 Å². The van der Waals surface area contributed by atoms with Crippen molar-refractivity contribution < 1.29 is 34.3 Å². The first kappa shape index (κ1) is 16.2. The summed E-state index contributed by atoms with van der Waals surface area (Å²) < 4.78 is 15.9. The SMILES string of the molecule is O=c1c(Br)coc2c(O)c(O[C@H]3O[C@H](CO)[C@@H](O)[C@@H]3O)ccc12. The van der Waals surface area contributed by atoms with Crippen LogP contribution >= 0.6 is 15.9 Å². The Labute approximate surface area is 137 Å². The summed E-state index contributed by atoms with van der Waals surface area (Å²) in [5.74, 6) is -0.539. The average Bonchev–Trinajstić information content (AvgIpc) is 2.81. The third-order valence-corrected chi connectivity index (χ3v) is 4.12. The molecule has 1 aromatic carbocycles. The summed E-state index contributed by atoms with van der Waals surface area (Å²) in [6.07, 6.45) is -3.86. The number of benzene rings is 1. The first-order chi connectivity index (χ1) is 10.9. The van der Waals surface area contributed by atoms with Crippen LogP contribution < -0.4 is 10.2 Å². The number of aromatic hydroxyl groups is 1. The number of hydrogen-bond donors (Lipinski definition) is 4. The lowest BCUT2D eigenvalue weighted by atomic mass is 10.1. The van der Waals surface area contributed by atoms with Gasteiger partial charge in [0.1, 0.15) is 29.0 Å². The Bertz CT molecular complexity index is 788. The average molecular weight is 389 g/mol. The molecule has 1 aliphatic rings. The van der Waals surface area contributed by atoms with E-state index in [-0.39, 0.29) is 26.6 Å². The minimum absolute atomic E-state index is 0.0811. The van der Waals surface area contributed by atoms with Crippen molar-refractivity contribution in [2.45, 2.75) is 24.6 Å². The van der Waals surface area contributed by atoms with E-state index < -0.39 is 37.0 Å². The summed E-state index contributed by atoms with van der Waals surface area (Å²) in [4.78, 5) is 11.9. The standard InChI is InChI=1S/C14H13BrO8/c15-6-4-21-13-5(9(6)17)1-2-7(11(13)19)22-14-12(20)10(18)8(3-16)23-14/h1-2,4,8,10,12,14,16,18-20H,3H2/t8-,10-,12+,14+/m1/s1. The van der Waals surface area contributed by atoms with Crippen molar-refractivity contribution in [2.75, 3.05) is 6.61 Å². The second-order valence-corrected chi connectivity index (χ2v) is 5.88. The lowest BCUT2D eigenvalue weighted by molar-refractivity contribution is -0.117. The highest BCUT2D eigenvalue weighted by Gasteiger charge is 2.44. The molecule has 1 aliphatic heterocycles. The molecule has 2 heterocycles. The van der Waals surface area contributed by atoms with Gasteiger partial charge in [-0.3, -0.25) is 4.79 Å². The number of ether oxygens (including phenoxy) is 2. The van der Waals surface area contributed by atoms with Crippen molar-refractivity contribution in [1.82, 2.24) is 0 Å². The van der Waals surface area contributed by atoms with Crippen LogP contribution in [-0.4, -0.2) is 51.6 Å². The fraction of sp³-hybridized carbons (Fsp3) is 0.357. The maximum Gasteiger partial charge on any atom is 0.229 e. The molecule has 3 rings (SSSR count). The van der Waals surface area contributed by atoms with Crippen molar-refractivity contribution in [1.29, 1.82) is 0 Å².